The fraction of sp³-hybridized carbons (Fsp3) is 0.714. The summed E-state index contributed by atoms with van der Waals surface area (Å²) in [5.41, 5.74) is 0. The molecule has 1 atom stereocenters. The van der Waals surface area contributed by atoms with Crippen LogP contribution in [0.5, 0.6) is 0 Å². The average molecular weight is 345 g/mol. The average Bonchev–Trinajstić information content (AvgIpc) is 2.78. The number of anilines is 1. The van der Waals surface area contributed by atoms with E-state index in [1.54, 1.807) is 6.07 Å². The van der Waals surface area contributed by atoms with Crippen LogP contribution in [0, 0.1) is 6.92 Å². The van der Waals surface area contributed by atoms with E-state index in [2.05, 4.69) is 19.8 Å². The molecule has 8 heteroatoms. The zero-order valence-electron chi connectivity index (χ0n) is 12.7. The number of nitrogens with zero attached hydrogens (tertiary/aromatic N) is 4. The number of aromatic nitrogens is 2. The zero-order valence-corrected chi connectivity index (χ0v) is 14.3. The lowest BCUT2D eigenvalue weighted by atomic mass is 10.2. The minimum atomic E-state index is -2.86. The Morgan fingerprint density at radius 3 is 2.59 bits per heavy atom. The summed E-state index contributed by atoms with van der Waals surface area (Å²) < 4.78 is 23.9. The molecular formula is C14H21ClN4O2S. The van der Waals surface area contributed by atoms with Crippen LogP contribution in [0.15, 0.2) is 6.07 Å². The fourth-order valence-electron chi connectivity index (χ4n) is 3.19. The number of rotatable bonds is 3. The molecule has 1 aromatic rings. The highest BCUT2D eigenvalue weighted by Gasteiger charge is 2.33. The monoisotopic (exact) mass is 344 g/mol. The molecule has 6 nitrogen and oxygen atoms in total. The van der Waals surface area contributed by atoms with Gasteiger partial charge in [0.15, 0.2) is 9.84 Å². The van der Waals surface area contributed by atoms with Gasteiger partial charge in [0.25, 0.3) is 0 Å². The van der Waals surface area contributed by atoms with E-state index < -0.39 is 9.84 Å². The van der Waals surface area contributed by atoms with Gasteiger partial charge in [-0.1, -0.05) is 11.6 Å². The molecule has 0 saturated carbocycles. The molecule has 1 unspecified atom stereocenters. The van der Waals surface area contributed by atoms with Gasteiger partial charge >= 0.3 is 0 Å². The highest BCUT2D eigenvalue weighted by Crippen LogP contribution is 2.22. The molecule has 1 aromatic heterocycles. The molecule has 2 aliphatic heterocycles. The van der Waals surface area contributed by atoms with Crippen LogP contribution in [0.2, 0.25) is 5.15 Å². The van der Waals surface area contributed by atoms with E-state index >= 15 is 0 Å². The van der Waals surface area contributed by atoms with Crippen molar-refractivity contribution in [3.63, 3.8) is 0 Å². The SMILES string of the molecule is Cc1nc(Cl)cc(N2CCN(CC3CCCS3(=O)=O)CC2)n1. The van der Waals surface area contributed by atoms with Gasteiger partial charge in [0.2, 0.25) is 0 Å². The quantitative estimate of drug-likeness (QED) is 0.766. The van der Waals surface area contributed by atoms with Crippen molar-refractivity contribution in [2.45, 2.75) is 25.0 Å². The molecule has 0 amide bonds. The van der Waals surface area contributed by atoms with Crippen molar-refractivity contribution in [1.29, 1.82) is 0 Å². The summed E-state index contributed by atoms with van der Waals surface area (Å²) in [5.74, 6) is 1.88. The summed E-state index contributed by atoms with van der Waals surface area (Å²) in [6.07, 6.45) is 1.62. The number of hydrogen-bond donors (Lipinski definition) is 0. The first-order chi connectivity index (χ1) is 10.4. The van der Waals surface area contributed by atoms with E-state index in [9.17, 15) is 8.42 Å². The molecular weight excluding hydrogens is 324 g/mol. The Morgan fingerprint density at radius 1 is 1.27 bits per heavy atom. The van der Waals surface area contributed by atoms with Crippen LogP contribution in [0.1, 0.15) is 18.7 Å². The van der Waals surface area contributed by atoms with Gasteiger partial charge < -0.3 is 4.90 Å². The largest absolute Gasteiger partial charge is 0.354 e. The lowest BCUT2D eigenvalue weighted by Gasteiger charge is -2.36. The predicted molar refractivity (Wildman–Crippen MR) is 87.2 cm³/mol. The van der Waals surface area contributed by atoms with E-state index in [0.29, 0.717) is 23.3 Å². The Kier molecular flexibility index (Phi) is 4.56. The van der Waals surface area contributed by atoms with E-state index in [1.165, 1.54) is 0 Å². The Morgan fingerprint density at radius 2 is 2.00 bits per heavy atom. The number of piperazine rings is 1. The second-order valence-corrected chi connectivity index (χ2v) is 8.80. The molecule has 122 valence electrons. The summed E-state index contributed by atoms with van der Waals surface area (Å²) >= 11 is 5.99. The summed E-state index contributed by atoms with van der Waals surface area (Å²) in [6, 6.07) is 1.78. The van der Waals surface area contributed by atoms with Gasteiger partial charge in [0, 0.05) is 38.8 Å². The van der Waals surface area contributed by atoms with Crippen LogP contribution in [0.4, 0.5) is 5.82 Å². The third-order valence-electron chi connectivity index (χ3n) is 4.41. The van der Waals surface area contributed by atoms with Gasteiger partial charge in [-0.15, -0.1) is 0 Å². The highest BCUT2D eigenvalue weighted by atomic mass is 35.5. The molecule has 22 heavy (non-hydrogen) atoms. The Hall–Kier alpha value is -0.920. The standard InChI is InChI=1S/C14H21ClN4O2S/c1-11-16-13(15)9-14(17-11)19-6-4-18(5-7-19)10-12-3-2-8-22(12,20)21/h9,12H,2-8,10H2,1H3. The predicted octanol–water partition coefficient (Wildman–Crippen LogP) is 1.14. The first-order valence-corrected chi connectivity index (χ1v) is 9.73. The van der Waals surface area contributed by atoms with Crippen LogP contribution in [0.3, 0.4) is 0 Å². The summed E-state index contributed by atoms with van der Waals surface area (Å²) in [4.78, 5) is 12.9. The van der Waals surface area contributed by atoms with Crippen LogP contribution in [0.25, 0.3) is 0 Å². The maximum atomic E-state index is 11.9. The zero-order chi connectivity index (χ0) is 15.7. The minimum Gasteiger partial charge on any atom is -0.354 e. The maximum Gasteiger partial charge on any atom is 0.154 e. The van der Waals surface area contributed by atoms with Crippen molar-refractivity contribution in [2.24, 2.45) is 0 Å². The van der Waals surface area contributed by atoms with Gasteiger partial charge in [-0.2, -0.15) is 0 Å². The van der Waals surface area contributed by atoms with Crippen LogP contribution < -0.4 is 4.90 Å². The maximum absolute atomic E-state index is 11.9. The molecule has 0 bridgehead atoms. The smallest absolute Gasteiger partial charge is 0.154 e. The molecule has 2 aliphatic rings. The van der Waals surface area contributed by atoms with Gasteiger partial charge in [0.05, 0.1) is 11.0 Å². The summed E-state index contributed by atoms with van der Waals surface area (Å²) in [7, 11) is -2.86. The molecule has 0 aliphatic carbocycles. The van der Waals surface area contributed by atoms with Gasteiger partial charge in [0.1, 0.15) is 16.8 Å². The highest BCUT2D eigenvalue weighted by molar-refractivity contribution is 7.92. The lowest BCUT2D eigenvalue weighted by molar-refractivity contribution is 0.255. The van der Waals surface area contributed by atoms with Crippen molar-refractivity contribution in [3.05, 3.63) is 17.0 Å². The molecule has 2 saturated heterocycles. The number of aryl methyl sites for hydroxylation is 1. The van der Waals surface area contributed by atoms with E-state index in [1.807, 2.05) is 6.92 Å². The molecule has 0 spiro atoms. The third kappa shape index (κ3) is 3.52. The first kappa shape index (κ1) is 16.0. The van der Waals surface area contributed by atoms with Crippen molar-refractivity contribution in [2.75, 3.05) is 43.4 Å². The van der Waals surface area contributed by atoms with E-state index in [4.69, 9.17) is 11.6 Å². The first-order valence-electron chi connectivity index (χ1n) is 7.64. The fourth-order valence-corrected chi connectivity index (χ4v) is 5.28. The van der Waals surface area contributed by atoms with Crippen molar-refractivity contribution in [1.82, 2.24) is 14.9 Å². The molecule has 3 heterocycles. The third-order valence-corrected chi connectivity index (χ3v) is 6.87. The number of halogens is 1. The second-order valence-electron chi connectivity index (χ2n) is 6.01. The Balaban J connectivity index is 1.58. The van der Waals surface area contributed by atoms with E-state index in [-0.39, 0.29) is 5.25 Å². The summed E-state index contributed by atoms with van der Waals surface area (Å²) in [6.45, 7) is 5.87. The lowest BCUT2D eigenvalue weighted by Crippen LogP contribution is -2.49. The molecule has 0 N–H and O–H groups in total. The summed E-state index contributed by atoms with van der Waals surface area (Å²) in [5, 5.41) is 0.289. The van der Waals surface area contributed by atoms with Gasteiger partial charge in [-0.25, -0.2) is 18.4 Å². The molecule has 3 rings (SSSR count). The Labute approximate surface area is 136 Å². The number of sulfone groups is 1. The second kappa shape index (κ2) is 6.29. The van der Waals surface area contributed by atoms with Crippen LogP contribution in [-0.2, 0) is 9.84 Å². The van der Waals surface area contributed by atoms with E-state index in [0.717, 1.165) is 44.8 Å². The molecule has 0 aromatic carbocycles. The molecule has 0 radical (unpaired) electrons. The van der Waals surface area contributed by atoms with Crippen LogP contribution >= 0.6 is 11.6 Å². The van der Waals surface area contributed by atoms with Crippen molar-refractivity contribution in [3.8, 4) is 0 Å². The minimum absolute atomic E-state index is 0.171. The van der Waals surface area contributed by atoms with Gasteiger partial charge in [-0.05, 0) is 19.8 Å². The van der Waals surface area contributed by atoms with Crippen LogP contribution in [-0.4, -0.2) is 67.0 Å². The van der Waals surface area contributed by atoms with Crippen molar-refractivity contribution >= 4 is 27.3 Å². The van der Waals surface area contributed by atoms with Crippen molar-refractivity contribution < 1.29 is 8.42 Å². The Bertz CT molecular complexity index is 624. The van der Waals surface area contributed by atoms with Gasteiger partial charge in [-0.3, -0.25) is 4.90 Å². The number of hydrogen-bond acceptors (Lipinski definition) is 6. The molecule has 2 fully saturated rings. The topological polar surface area (TPSA) is 66.4 Å². The normalized spacial score (nSPS) is 25.5.